The Labute approximate surface area is 129 Å². The molecule has 1 atom stereocenters. The third-order valence-electron chi connectivity index (χ3n) is 3.41. The molecule has 21 heavy (non-hydrogen) atoms. The summed E-state index contributed by atoms with van der Waals surface area (Å²) in [6.07, 6.45) is 0.637. The molecule has 1 aliphatic heterocycles. The lowest BCUT2D eigenvalue weighted by Crippen LogP contribution is -2.42. The maximum absolute atomic E-state index is 12.4. The first kappa shape index (κ1) is 16.3. The lowest BCUT2D eigenvalue weighted by molar-refractivity contribution is 0.208. The van der Waals surface area contributed by atoms with E-state index in [0.29, 0.717) is 31.0 Å². The van der Waals surface area contributed by atoms with Crippen LogP contribution in [0.3, 0.4) is 0 Å². The standard InChI is InChI=1S/C13H21N3O3S2/c1-4-14-13(17)16-6-5-11(8-16)15-21(18,19)12-7-9(2)20-10(12)3/h7,11,15H,4-6,8H2,1-3H3,(H,14,17). The summed E-state index contributed by atoms with van der Waals surface area (Å²) in [7, 11) is -3.51. The number of urea groups is 1. The molecule has 2 heterocycles. The minimum absolute atomic E-state index is 0.137. The second-order valence-electron chi connectivity index (χ2n) is 5.17. The Morgan fingerprint density at radius 2 is 2.19 bits per heavy atom. The molecule has 0 spiro atoms. The van der Waals surface area contributed by atoms with Crippen LogP contribution >= 0.6 is 11.3 Å². The number of nitrogens with zero attached hydrogens (tertiary/aromatic N) is 1. The molecular formula is C13H21N3O3S2. The van der Waals surface area contributed by atoms with Crippen molar-refractivity contribution in [3.63, 3.8) is 0 Å². The third kappa shape index (κ3) is 3.75. The second-order valence-corrected chi connectivity index (χ2v) is 8.31. The fourth-order valence-corrected chi connectivity index (χ4v) is 5.28. The number of likely N-dealkylation sites (tertiary alicyclic amines) is 1. The molecule has 0 bridgehead atoms. The summed E-state index contributed by atoms with van der Waals surface area (Å²) < 4.78 is 27.5. The first-order chi connectivity index (χ1) is 9.83. The topological polar surface area (TPSA) is 78.5 Å². The molecule has 2 rings (SSSR count). The first-order valence-corrected chi connectivity index (χ1v) is 9.25. The number of sulfonamides is 1. The van der Waals surface area contributed by atoms with E-state index in [1.165, 1.54) is 11.3 Å². The summed E-state index contributed by atoms with van der Waals surface area (Å²) in [6.45, 7) is 7.10. The van der Waals surface area contributed by atoms with Crippen molar-refractivity contribution in [2.75, 3.05) is 19.6 Å². The molecule has 0 aliphatic carbocycles. The third-order valence-corrected chi connectivity index (χ3v) is 6.15. The molecule has 0 saturated carbocycles. The average molecular weight is 331 g/mol. The fourth-order valence-electron chi connectivity index (χ4n) is 2.46. The fraction of sp³-hybridized carbons (Fsp3) is 0.615. The van der Waals surface area contributed by atoms with Gasteiger partial charge in [0.15, 0.2) is 0 Å². The van der Waals surface area contributed by atoms with Gasteiger partial charge in [-0.05, 0) is 33.3 Å². The van der Waals surface area contributed by atoms with Gasteiger partial charge in [0.25, 0.3) is 0 Å². The van der Waals surface area contributed by atoms with Crippen molar-refractivity contribution in [3.8, 4) is 0 Å². The molecule has 1 unspecified atom stereocenters. The molecule has 6 nitrogen and oxygen atoms in total. The van der Waals surface area contributed by atoms with Crippen LogP contribution in [0.2, 0.25) is 0 Å². The van der Waals surface area contributed by atoms with E-state index in [2.05, 4.69) is 10.0 Å². The van der Waals surface area contributed by atoms with E-state index in [1.54, 1.807) is 11.0 Å². The van der Waals surface area contributed by atoms with E-state index in [4.69, 9.17) is 0 Å². The van der Waals surface area contributed by atoms with Gasteiger partial charge in [0.2, 0.25) is 10.0 Å². The Balaban J connectivity index is 2.02. The average Bonchev–Trinajstić information content (AvgIpc) is 2.96. The number of carbonyl (C=O) groups excluding carboxylic acids is 1. The molecule has 0 aromatic carbocycles. The van der Waals surface area contributed by atoms with Crippen LogP contribution in [0.1, 0.15) is 23.1 Å². The van der Waals surface area contributed by atoms with E-state index < -0.39 is 10.0 Å². The summed E-state index contributed by atoms with van der Waals surface area (Å²) in [6, 6.07) is 1.33. The lowest BCUT2D eigenvalue weighted by Gasteiger charge is -2.17. The minimum atomic E-state index is -3.51. The number of hydrogen-bond acceptors (Lipinski definition) is 4. The Bertz CT molecular complexity index is 625. The molecule has 1 fully saturated rings. The maximum Gasteiger partial charge on any atom is 0.317 e. The molecule has 1 aliphatic rings. The molecule has 1 aromatic heterocycles. The number of aryl methyl sites for hydroxylation is 2. The summed E-state index contributed by atoms with van der Waals surface area (Å²) in [4.78, 5) is 15.5. The van der Waals surface area contributed by atoms with Gasteiger partial charge < -0.3 is 10.2 Å². The molecular weight excluding hydrogens is 310 g/mol. The van der Waals surface area contributed by atoms with Gasteiger partial charge >= 0.3 is 6.03 Å². The van der Waals surface area contributed by atoms with Gasteiger partial charge in [-0.3, -0.25) is 0 Å². The largest absolute Gasteiger partial charge is 0.338 e. The van der Waals surface area contributed by atoms with E-state index in [-0.39, 0.29) is 12.1 Å². The molecule has 1 saturated heterocycles. The Morgan fingerprint density at radius 1 is 1.48 bits per heavy atom. The predicted molar refractivity (Wildman–Crippen MR) is 83.2 cm³/mol. The summed E-state index contributed by atoms with van der Waals surface area (Å²) >= 11 is 1.47. The quantitative estimate of drug-likeness (QED) is 0.876. The zero-order valence-corrected chi connectivity index (χ0v) is 14.1. The maximum atomic E-state index is 12.4. The predicted octanol–water partition coefficient (Wildman–Crippen LogP) is 1.45. The molecule has 1 aromatic rings. The Kier molecular flexibility index (Phi) is 4.90. The number of nitrogens with one attached hydrogen (secondary N) is 2. The van der Waals surface area contributed by atoms with Crippen LogP contribution < -0.4 is 10.0 Å². The van der Waals surface area contributed by atoms with Crippen LogP contribution in [0.4, 0.5) is 4.79 Å². The number of carbonyl (C=O) groups is 1. The van der Waals surface area contributed by atoms with Gasteiger partial charge in [-0.25, -0.2) is 17.9 Å². The zero-order chi connectivity index (χ0) is 15.6. The van der Waals surface area contributed by atoms with Crippen LogP contribution in [0, 0.1) is 13.8 Å². The monoisotopic (exact) mass is 331 g/mol. The van der Waals surface area contributed by atoms with Gasteiger partial charge in [0.1, 0.15) is 0 Å². The van der Waals surface area contributed by atoms with Crippen molar-refractivity contribution in [1.82, 2.24) is 14.9 Å². The summed E-state index contributed by atoms with van der Waals surface area (Å²) in [5, 5.41) is 2.73. The second kappa shape index (κ2) is 6.33. The van der Waals surface area contributed by atoms with E-state index in [9.17, 15) is 13.2 Å². The lowest BCUT2D eigenvalue weighted by atomic mass is 10.3. The van der Waals surface area contributed by atoms with Gasteiger partial charge in [-0.1, -0.05) is 0 Å². The van der Waals surface area contributed by atoms with Gasteiger partial charge in [-0.2, -0.15) is 0 Å². The molecule has 2 amide bonds. The Morgan fingerprint density at radius 3 is 2.76 bits per heavy atom. The van der Waals surface area contributed by atoms with Crippen LogP contribution in [0.15, 0.2) is 11.0 Å². The zero-order valence-electron chi connectivity index (χ0n) is 12.5. The highest BCUT2D eigenvalue weighted by Crippen LogP contribution is 2.25. The van der Waals surface area contributed by atoms with Gasteiger partial charge in [0, 0.05) is 35.4 Å². The highest BCUT2D eigenvalue weighted by Gasteiger charge is 2.30. The molecule has 0 radical (unpaired) electrons. The summed E-state index contributed by atoms with van der Waals surface area (Å²) in [5.41, 5.74) is 0. The number of rotatable bonds is 4. The smallest absolute Gasteiger partial charge is 0.317 e. The highest BCUT2D eigenvalue weighted by molar-refractivity contribution is 7.89. The van der Waals surface area contributed by atoms with Crippen molar-refractivity contribution in [2.45, 2.75) is 38.1 Å². The van der Waals surface area contributed by atoms with Gasteiger partial charge in [0.05, 0.1) is 4.90 Å². The van der Waals surface area contributed by atoms with Crippen molar-refractivity contribution in [1.29, 1.82) is 0 Å². The van der Waals surface area contributed by atoms with E-state index in [1.807, 2.05) is 20.8 Å². The van der Waals surface area contributed by atoms with Crippen LogP contribution in [0.5, 0.6) is 0 Å². The number of amides is 2. The summed E-state index contributed by atoms with van der Waals surface area (Å²) in [5.74, 6) is 0. The van der Waals surface area contributed by atoms with Crippen LogP contribution in [0.25, 0.3) is 0 Å². The molecule has 2 N–H and O–H groups in total. The van der Waals surface area contributed by atoms with Crippen molar-refractivity contribution >= 4 is 27.4 Å². The highest BCUT2D eigenvalue weighted by atomic mass is 32.2. The van der Waals surface area contributed by atoms with E-state index in [0.717, 1.165) is 9.75 Å². The van der Waals surface area contributed by atoms with E-state index >= 15 is 0 Å². The first-order valence-electron chi connectivity index (χ1n) is 6.95. The van der Waals surface area contributed by atoms with Crippen molar-refractivity contribution in [3.05, 3.63) is 15.8 Å². The Hall–Kier alpha value is -1.12. The van der Waals surface area contributed by atoms with Crippen molar-refractivity contribution in [2.24, 2.45) is 0 Å². The SMILES string of the molecule is CCNC(=O)N1CCC(NS(=O)(=O)c2cc(C)sc2C)C1. The van der Waals surface area contributed by atoms with Crippen LogP contribution in [-0.2, 0) is 10.0 Å². The number of thiophene rings is 1. The minimum Gasteiger partial charge on any atom is -0.338 e. The molecule has 8 heteroatoms. The van der Waals surface area contributed by atoms with Crippen molar-refractivity contribution < 1.29 is 13.2 Å². The van der Waals surface area contributed by atoms with Gasteiger partial charge in [-0.15, -0.1) is 11.3 Å². The molecule has 118 valence electrons. The number of hydrogen-bond donors (Lipinski definition) is 2. The van der Waals surface area contributed by atoms with Crippen LogP contribution in [-0.4, -0.2) is 45.0 Å². The normalized spacial score (nSPS) is 19.0.